The minimum Gasteiger partial charge on any atom is -0.456 e. The van der Waals surface area contributed by atoms with E-state index in [1.807, 2.05) is 12.1 Å². The van der Waals surface area contributed by atoms with Crippen LogP contribution in [-0.2, 0) is 0 Å². The zero-order valence-electron chi connectivity index (χ0n) is 29.6. The van der Waals surface area contributed by atoms with Crippen molar-refractivity contribution in [1.29, 1.82) is 0 Å². The molecule has 0 atom stereocenters. The maximum Gasteiger partial charge on any atom is 0.136 e. The smallest absolute Gasteiger partial charge is 0.136 e. The van der Waals surface area contributed by atoms with Crippen molar-refractivity contribution in [1.82, 2.24) is 9.97 Å². The van der Waals surface area contributed by atoms with Crippen molar-refractivity contribution in [2.75, 3.05) is 0 Å². The van der Waals surface area contributed by atoms with Gasteiger partial charge in [0.05, 0.1) is 22.4 Å². The number of furan rings is 1. The van der Waals surface area contributed by atoms with E-state index in [9.17, 15) is 0 Å². The molecule has 0 unspecified atom stereocenters. The van der Waals surface area contributed by atoms with Crippen LogP contribution in [0.4, 0.5) is 0 Å². The predicted octanol–water partition coefficient (Wildman–Crippen LogP) is 14.3. The van der Waals surface area contributed by atoms with Crippen LogP contribution in [0.25, 0.3) is 120 Å². The van der Waals surface area contributed by atoms with Crippen molar-refractivity contribution in [3.05, 3.63) is 182 Å². The van der Waals surface area contributed by atoms with Crippen LogP contribution in [0.1, 0.15) is 0 Å². The molecule has 254 valence electrons. The van der Waals surface area contributed by atoms with Crippen LogP contribution < -0.4 is 0 Å². The Morgan fingerprint density at radius 1 is 0.309 bits per heavy atom. The molecule has 0 bridgehead atoms. The summed E-state index contributed by atoms with van der Waals surface area (Å²) < 4.78 is 6.34. The molecule has 0 amide bonds. The minimum atomic E-state index is 0.907. The first kappa shape index (κ1) is 30.1. The Labute approximate surface area is 315 Å². The summed E-state index contributed by atoms with van der Waals surface area (Å²) in [6.07, 6.45) is 0. The topological polar surface area (TPSA) is 38.9 Å². The van der Waals surface area contributed by atoms with Gasteiger partial charge in [-0.15, -0.1) is 0 Å². The fourth-order valence-electron chi connectivity index (χ4n) is 8.81. The zero-order valence-corrected chi connectivity index (χ0v) is 29.6. The molecule has 3 heterocycles. The Hall–Kier alpha value is -7.36. The second-order valence-corrected chi connectivity index (χ2v) is 14.5. The molecule has 0 saturated carbocycles. The standard InChI is InChI=1S/C52H30N2O/c1-2-10-31(11-3-1)45-25-20-32-18-19-33-21-26-46(54-52(33)51(32)53-45)39-24-23-38(43-28-34-12-4-5-13-35(34)29-44(39)43)42-30-36-22-27-48-50(41-16-8-9-17-47(41)55-48)49(36)40-15-7-6-14-37(40)42/h1-30H. The van der Waals surface area contributed by atoms with Gasteiger partial charge in [-0.2, -0.15) is 0 Å². The molecule has 12 aromatic rings. The normalized spacial score (nSPS) is 12.0. The third-order valence-electron chi connectivity index (χ3n) is 11.4. The monoisotopic (exact) mass is 698 g/mol. The van der Waals surface area contributed by atoms with Crippen LogP contribution in [0, 0.1) is 0 Å². The molecule has 0 aliphatic rings. The maximum atomic E-state index is 6.34. The van der Waals surface area contributed by atoms with Gasteiger partial charge >= 0.3 is 0 Å². The zero-order chi connectivity index (χ0) is 36.0. The lowest BCUT2D eigenvalue weighted by atomic mass is 9.87. The number of pyridine rings is 2. The lowest BCUT2D eigenvalue weighted by Gasteiger charge is -2.17. The van der Waals surface area contributed by atoms with Gasteiger partial charge in [0.15, 0.2) is 0 Å². The fourth-order valence-corrected chi connectivity index (χ4v) is 8.81. The molecule has 55 heavy (non-hydrogen) atoms. The van der Waals surface area contributed by atoms with E-state index >= 15 is 0 Å². The van der Waals surface area contributed by atoms with Crippen molar-refractivity contribution >= 4 is 86.8 Å². The van der Waals surface area contributed by atoms with Crippen LogP contribution in [0.2, 0.25) is 0 Å². The number of para-hydroxylation sites is 1. The summed E-state index contributed by atoms with van der Waals surface area (Å²) >= 11 is 0. The largest absolute Gasteiger partial charge is 0.456 e. The molecule has 0 saturated heterocycles. The van der Waals surface area contributed by atoms with Gasteiger partial charge < -0.3 is 4.42 Å². The van der Waals surface area contributed by atoms with Gasteiger partial charge in [-0.05, 0) is 91.3 Å². The number of rotatable bonds is 3. The Bertz CT molecular complexity index is 3550. The van der Waals surface area contributed by atoms with Crippen LogP contribution in [0.5, 0.6) is 0 Å². The van der Waals surface area contributed by atoms with Gasteiger partial charge in [0.2, 0.25) is 0 Å². The molecular formula is C52H30N2O. The van der Waals surface area contributed by atoms with Crippen LogP contribution in [-0.4, -0.2) is 9.97 Å². The summed E-state index contributed by atoms with van der Waals surface area (Å²) in [6.45, 7) is 0. The van der Waals surface area contributed by atoms with Crippen LogP contribution >= 0.6 is 0 Å². The highest BCUT2D eigenvalue weighted by molar-refractivity contribution is 6.29. The number of benzene rings is 9. The molecule has 12 rings (SSSR count). The number of fused-ring (bicyclic) bond motifs is 12. The molecule has 0 aliphatic carbocycles. The second-order valence-electron chi connectivity index (χ2n) is 14.5. The first-order chi connectivity index (χ1) is 27.2. The van der Waals surface area contributed by atoms with Gasteiger partial charge in [-0.3, -0.25) is 0 Å². The third kappa shape index (κ3) is 4.57. The van der Waals surface area contributed by atoms with E-state index in [4.69, 9.17) is 14.4 Å². The van der Waals surface area contributed by atoms with E-state index in [1.54, 1.807) is 0 Å². The molecule has 0 radical (unpaired) electrons. The van der Waals surface area contributed by atoms with E-state index in [-0.39, 0.29) is 0 Å². The fraction of sp³-hybridized carbons (Fsp3) is 0. The van der Waals surface area contributed by atoms with Gasteiger partial charge in [0.1, 0.15) is 11.2 Å². The summed E-state index contributed by atoms with van der Waals surface area (Å²) in [4.78, 5) is 10.6. The van der Waals surface area contributed by atoms with E-state index in [1.165, 1.54) is 59.6 Å². The average Bonchev–Trinajstić information content (AvgIpc) is 3.64. The molecule has 0 spiro atoms. The van der Waals surface area contributed by atoms with Crippen molar-refractivity contribution in [3.63, 3.8) is 0 Å². The van der Waals surface area contributed by atoms with Crippen LogP contribution in [0.15, 0.2) is 186 Å². The Morgan fingerprint density at radius 2 is 0.891 bits per heavy atom. The molecule has 3 aromatic heterocycles. The number of hydrogen-bond donors (Lipinski definition) is 0. The molecule has 0 fully saturated rings. The summed E-state index contributed by atoms with van der Waals surface area (Å²) in [6, 6.07) is 65.0. The predicted molar refractivity (Wildman–Crippen MR) is 231 cm³/mol. The van der Waals surface area contributed by atoms with Gasteiger partial charge in [-0.1, -0.05) is 140 Å². The first-order valence-electron chi connectivity index (χ1n) is 18.7. The van der Waals surface area contributed by atoms with E-state index in [2.05, 4.69) is 170 Å². The number of hydrogen-bond acceptors (Lipinski definition) is 3. The van der Waals surface area contributed by atoms with E-state index in [0.717, 1.165) is 60.9 Å². The lowest BCUT2D eigenvalue weighted by molar-refractivity contribution is 0.669. The van der Waals surface area contributed by atoms with Crippen molar-refractivity contribution in [3.8, 4) is 33.6 Å². The minimum absolute atomic E-state index is 0.907. The summed E-state index contributed by atoms with van der Waals surface area (Å²) in [5.74, 6) is 0. The average molecular weight is 699 g/mol. The number of aromatic nitrogens is 2. The maximum absolute atomic E-state index is 6.34. The number of nitrogens with zero attached hydrogens (tertiary/aromatic N) is 2. The highest BCUT2D eigenvalue weighted by Crippen LogP contribution is 2.45. The van der Waals surface area contributed by atoms with Crippen molar-refractivity contribution in [2.24, 2.45) is 0 Å². The van der Waals surface area contributed by atoms with Gasteiger partial charge in [0, 0.05) is 38.1 Å². The first-order valence-corrected chi connectivity index (χ1v) is 18.7. The van der Waals surface area contributed by atoms with E-state index in [0.29, 0.717) is 0 Å². The molecule has 0 N–H and O–H groups in total. The lowest BCUT2D eigenvalue weighted by Crippen LogP contribution is -1.93. The Kier molecular flexibility index (Phi) is 6.34. The molecule has 3 nitrogen and oxygen atoms in total. The Balaban J connectivity index is 1.12. The third-order valence-corrected chi connectivity index (χ3v) is 11.4. The molecule has 9 aromatic carbocycles. The molecular weight excluding hydrogens is 669 g/mol. The molecule has 3 heteroatoms. The van der Waals surface area contributed by atoms with Crippen molar-refractivity contribution < 1.29 is 4.42 Å². The molecule has 0 aliphatic heterocycles. The highest BCUT2D eigenvalue weighted by Gasteiger charge is 2.19. The Morgan fingerprint density at radius 3 is 1.67 bits per heavy atom. The quantitative estimate of drug-likeness (QED) is 0.136. The van der Waals surface area contributed by atoms with Crippen molar-refractivity contribution in [2.45, 2.75) is 0 Å². The second kappa shape index (κ2) is 11.6. The van der Waals surface area contributed by atoms with Gasteiger partial charge in [-0.25, -0.2) is 9.97 Å². The van der Waals surface area contributed by atoms with E-state index < -0.39 is 0 Å². The summed E-state index contributed by atoms with van der Waals surface area (Å²) in [5, 5.41) is 14.1. The summed E-state index contributed by atoms with van der Waals surface area (Å²) in [5.41, 5.74) is 10.1. The highest BCUT2D eigenvalue weighted by atomic mass is 16.3. The SMILES string of the molecule is c1ccc(-c2ccc3ccc4ccc(-c5ccc(-c6cc7ccc8oc9ccccc9c8c7c7ccccc67)c6cc7ccccc7cc56)nc4c3n2)cc1. The van der Waals surface area contributed by atoms with Crippen LogP contribution in [0.3, 0.4) is 0 Å². The van der Waals surface area contributed by atoms with Gasteiger partial charge in [0.25, 0.3) is 0 Å². The summed E-state index contributed by atoms with van der Waals surface area (Å²) in [7, 11) is 0.